The number of carbonyl (C=O) groups is 2. The normalized spacial score (nSPS) is 14.1. The molecule has 1 aliphatic rings. The second-order valence-corrected chi connectivity index (χ2v) is 13.8. The molecular weight excluding hydrogens is 657 g/mol. The highest BCUT2D eigenvalue weighted by molar-refractivity contribution is 5.82. The molecule has 2 N–H and O–H groups in total. The average Bonchev–Trinajstić information content (AvgIpc) is 3.46. The van der Waals surface area contributed by atoms with Crippen molar-refractivity contribution in [1.29, 1.82) is 0 Å². The van der Waals surface area contributed by atoms with E-state index in [9.17, 15) is 41.4 Å². The number of benzene rings is 2. The lowest BCUT2D eigenvalue weighted by Crippen LogP contribution is -2.40. The van der Waals surface area contributed by atoms with Gasteiger partial charge in [-0.15, -0.1) is 0 Å². The van der Waals surface area contributed by atoms with Crippen LogP contribution in [0.25, 0.3) is 17.2 Å². The van der Waals surface area contributed by atoms with Gasteiger partial charge in [-0.2, -0.15) is 22.0 Å². The molecule has 0 spiro atoms. The van der Waals surface area contributed by atoms with Crippen molar-refractivity contribution in [1.82, 2.24) is 14.8 Å². The number of hydrogen-bond donors (Lipinski definition) is 2. The second-order valence-electron chi connectivity index (χ2n) is 13.8. The van der Waals surface area contributed by atoms with Gasteiger partial charge in [-0.05, 0) is 122 Å². The maximum absolute atomic E-state index is 14.1. The third-order valence-electron chi connectivity index (χ3n) is 9.07. The van der Waals surface area contributed by atoms with E-state index < -0.39 is 53.8 Å². The molecule has 0 unspecified atom stereocenters. The zero-order chi connectivity index (χ0) is 37.1. The summed E-state index contributed by atoms with van der Waals surface area (Å²) in [4.78, 5) is 41.3. The number of carboxylic acid groups (broad SMARTS) is 1. The fourth-order valence-corrected chi connectivity index (χ4v) is 6.92. The van der Waals surface area contributed by atoms with E-state index in [-0.39, 0.29) is 30.9 Å². The van der Waals surface area contributed by atoms with Crippen LogP contribution in [0.3, 0.4) is 0 Å². The number of carbonyl (C=O) groups excluding carboxylic acids is 1. The molecule has 0 saturated carbocycles. The fraction of sp³-hybridized carbons (Fsp3) is 0.447. The van der Waals surface area contributed by atoms with E-state index in [0.29, 0.717) is 17.2 Å². The maximum Gasteiger partial charge on any atom is 0.416 e. The van der Waals surface area contributed by atoms with E-state index in [1.165, 1.54) is 0 Å². The van der Waals surface area contributed by atoms with Crippen LogP contribution in [0, 0.1) is 19.8 Å². The Morgan fingerprint density at radius 2 is 1.70 bits per heavy atom. The Bertz CT molecular complexity index is 1820. The number of nitrogens with zero attached hydrogens (tertiary/aromatic N) is 2. The van der Waals surface area contributed by atoms with E-state index in [1.807, 2.05) is 39.8 Å². The van der Waals surface area contributed by atoms with Crippen LogP contribution in [-0.2, 0) is 35.0 Å². The SMILES string of the molecule is Cc1cc(C=C(F)F)cc(C)c1-c1cc([C@@H](CC(=O)O)NC(=O)[C@H](CC(C)C)n2cc(CCN(C)C)c(C(F)(F)F)cc2=O)cc2c1CCC2. The van der Waals surface area contributed by atoms with Crippen LogP contribution in [0.2, 0.25) is 0 Å². The number of carboxylic acids is 1. The van der Waals surface area contributed by atoms with Crippen LogP contribution in [0.1, 0.15) is 89.7 Å². The summed E-state index contributed by atoms with van der Waals surface area (Å²) in [5, 5.41) is 12.8. The molecule has 2 aromatic carbocycles. The summed E-state index contributed by atoms with van der Waals surface area (Å²) < 4.78 is 69.1. The van der Waals surface area contributed by atoms with Gasteiger partial charge in [0.25, 0.3) is 11.6 Å². The molecule has 1 aliphatic carbocycles. The monoisotopic (exact) mass is 701 g/mol. The Morgan fingerprint density at radius 3 is 2.26 bits per heavy atom. The lowest BCUT2D eigenvalue weighted by Gasteiger charge is -2.27. The highest BCUT2D eigenvalue weighted by Crippen LogP contribution is 2.40. The van der Waals surface area contributed by atoms with Gasteiger partial charge in [0.05, 0.1) is 18.0 Å². The standard InChI is InChI=1S/C38H44F5N3O4/c1-21(2)12-32(46-20-26(10-11-45(5)6)30(18-34(46)47)38(41,42)43)37(50)44-31(19-35(48)49)27-16-25-8-7-9-28(25)29(17-27)36-22(3)13-24(14-23(36)4)15-33(39)40/h13-18,20-21,31-32H,7-12,19H2,1-6H3,(H,44,50)(H,48,49)/t31-,32+/m1/s1. The molecule has 0 radical (unpaired) electrons. The predicted molar refractivity (Wildman–Crippen MR) is 183 cm³/mol. The molecule has 0 bridgehead atoms. The third kappa shape index (κ3) is 9.26. The first kappa shape index (κ1) is 38.5. The number of fused-ring (bicyclic) bond motifs is 1. The van der Waals surface area contributed by atoms with Gasteiger partial charge in [-0.25, -0.2) is 0 Å². The molecule has 0 saturated heterocycles. The van der Waals surface area contributed by atoms with Crippen molar-refractivity contribution in [2.24, 2.45) is 5.92 Å². The third-order valence-corrected chi connectivity index (χ3v) is 9.07. The van der Waals surface area contributed by atoms with Crippen LogP contribution in [-0.4, -0.2) is 47.1 Å². The Kier molecular flexibility index (Phi) is 12.1. The minimum atomic E-state index is -4.77. The van der Waals surface area contributed by atoms with Gasteiger partial charge in [0.2, 0.25) is 5.91 Å². The number of nitrogens with one attached hydrogen (secondary N) is 1. The number of alkyl halides is 3. The molecule has 12 heteroatoms. The lowest BCUT2D eigenvalue weighted by atomic mass is 9.86. The number of pyridine rings is 1. The molecule has 2 atom stereocenters. The van der Waals surface area contributed by atoms with Crippen LogP contribution in [0.15, 0.2) is 47.4 Å². The topological polar surface area (TPSA) is 91.6 Å². The Balaban J connectivity index is 1.81. The molecule has 270 valence electrons. The van der Waals surface area contributed by atoms with E-state index >= 15 is 0 Å². The van der Waals surface area contributed by atoms with Gasteiger partial charge in [0.15, 0.2) is 0 Å². The Hall–Kier alpha value is -4.32. The highest BCUT2D eigenvalue weighted by Gasteiger charge is 2.36. The van der Waals surface area contributed by atoms with Gasteiger partial charge < -0.3 is 19.9 Å². The quantitative estimate of drug-likeness (QED) is 0.177. The molecule has 1 heterocycles. The molecule has 1 amide bonds. The van der Waals surface area contributed by atoms with E-state index in [1.54, 1.807) is 31.1 Å². The summed E-state index contributed by atoms with van der Waals surface area (Å²) in [5.41, 5.74) is 3.94. The average molecular weight is 702 g/mol. The summed E-state index contributed by atoms with van der Waals surface area (Å²) in [7, 11) is 3.43. The van der Waals surface area contributed by atoms with Crippen molar-refractivity contribution in [3.8, 4) is 11.1 Å². The molecular formula is C38H44F5N3O4. The number of aryl methyl sites for hydroxylation is 3. The van der Waals surface area contributed by atoms with Gasteiger partial charge >= 0.3 is 12.1 Å². The van der Waals surface area contributed by atoms with E-state index in [0.717, 1.165) is 69.5 Å². The summed E-state index contributed by atoms with van der Waals surface area (Å²) in [6, 6.07) is 5.31. The number of aliphatic carboxylic acids is 1. The molecule has 50 heavy (non-hydrogen) atoms. The zero-order valence-corrected chi connectivity index (χ0v) is 29.2. The summed E-state index contributed by atoms with van der Waals surface area (Å²) in [6.07, 6.45) is -2.73. The van der Waals surface area contributed by atoms with Crippen molar-refractivity contribution in [2.45, 2.75) is 84.5 Å². The second kappa shape index (κ2) is 15.7. The van der Waals surface area contributed by atoms with Crippen LogP contribution < -0.4 is 10.9 Å². The Labute approximate surface area is 288 Å². The lowest BCUT2D eigenvalue weighted by molar-refractivity contribution is -0.139. The number of rotatable bonds is 13. The van der Waals surface area contributed by atoms with Crippen molar-refractivity contribution >= 4 is 18.0 Å². The van der Waals surface area contributed by atoms with Gasteiger partial charge in [0, 0.05) is 24.9 Å². The maximum atomic E-state index is 14.1. The number of likely N-dealkylation sites (N-methyl/N-ethyl adjacent to an activating group) is 1. The van der Waals surface area contributed by atoms with Crippen molar-refractivity contribution in [2.75, 3.05) is 20.6 Å². The van der Waals surface area contributed by atoms with Crippen molar-refractivity contribution in [3.05, 3.63) is 97.5 Å². The fourth-order valence-electron chi connectivity index (χ4n) is 6.92. The number of aromatic nitrogens is 1. The van der Waals surface area contributed by atoms with E-state index in [4.69, 9.17) is 0 Å². The minimum Gasteiger partial charge on any atom is -0.481 e. The molecule has 3 aromatic rings. The van der Waals surface area contributed by atoms with E-state index in [2.05, 4.69) is 5.32 Å². The summed E-state index contributed by atoms with van der Waals surface area (Å²) in [6.45, 7) is 7.56. The van der Waals surface area contributed by atoms with Gasteiger partial charge in [-0.3, -0.25) is 14.4 Å². The molecule has 0 fully saturated rings. The molecule has 7 nitrogen and oxygen atoms in total. The number of hydrogen-bond acceptors (Lipinski definition) is 4. The minimum absolute atomic E-state index is 0.0174. The summed E-state index contributed by atoms with van der Waals surface area (Å²) in [5.74, 6) is -2.03. The smallest absolute Gasteiger partial charge is 0.416 e. The van der Waals surface area contributed by atoms with Crippen LogP contribution >= 0.6 is 0 Å². The molecule has 1 aromatic heterocycles. The first-order chi connectivity index (χ1) is 23.3. The zero-order valence-electron chi connectivity index (χ0n) is 29.2. The van der Waals surface area contributed by atoms with Gasteiger partial charge in [-0.1, -0.05) is 32.0 Å². The highest BCUT2D eigenvalue weighted by atomic mass is 19.4. The summed E-state index contributed by atoms with van der Waals surface area (Å²) >= 11 is 0. The van der Waals surface area contributed by atoms with Crippen LogP contribution in [0.5, 0.6) is 0 Å². The van der Waals surface area contributed by atoms with Gasteiger partial charge in [0.1, 0.15) is 6.04 Å². The molecule has 4 rings (SSSR count). The number of amides is 1. The Morgan fingerprint density at radius 1 is 1.04 bits per heavy atom. The van der Waals surface area contributed by atoms with Crippen molar-refractivity contribution in [3.63, 3.8) is 0 Å². The largest absolute Gasteiger partial charge is 0.481 e. The predicted octanol–water partition coefficient (Wildman–Crippen LogP) is 7.90. The van der Waals surface area contributed by atoms with Crippen molar-refractivity contribution < 1.29 is 36.6 Å². The first-order valence-corrected chi connectivity index (χ1v) is 16.6. The van der Waals surface area contributed by atoms with Crippen LogP contribution in [0.4, 0.5) is 22.0 Å². The molecule has 0 aliphatic heterocycles. The number of halogens is 5. The first-order valence-electron chi connectivity index (χ1n) is 16.6.